The third kappa shape index (κ3) is 2.37. The minimum Gasteiger partial charge on any atom is -0.368 e. The number of anilines is 1. The zero-order valence-corrected chi connectivity index (χ0v) is 8.73. The van der Waals surface area contributed by atoms with Crippen LogP contribution in [-0.2, 0) is 12.8 Å². The van der Waals surface area contributed by atoms with Crippen LogP contribution in [0, 0.1) is 6.92 Å². The van der Waals surface area contributed by atoms with Crippen LogP contribution in [0.2, 0.25) is 0 Å². The summed E-state index contributed by atoms with van der Waals surface area (Å²) in [5.74, 6) is 0.384. The average molecular weight is 202 g/mol. The van der Waals surface area contributed by atoms with Gasteiger partial charge in [-0.1, -0.05) is 29.4 Å². The van der Waals surface area contributed by atoms with Crippen molar-refractivity contribution in [2.75, 3.05) is 5.73 Å². The second kappa shape index (κ2) is 4.17. The van der Waals surface area contributed by atoms with Crippen LogP contribution in [0.25, 0.3) is 0 Å². The lowest BCUT2D eigenvalue weighted by Gasteiger charge is -2.02. The van der Waals surface area contributed by atoms with Crippen molar-refractivity contribution in [3.8, 4) is 0 Å². The van der Waals surface area contributed by atoms with Gasteiger partial charge >= 0.3 is 0 Å². The lowest BCUT2D eigenvalue weighted by atomic mass is 10.0. The quantitative estimate of drug-likeness (QED) is 0.831. The van der Waals surface area contributed by atoms with E-state index in [0.29, 0.717) is 5.88 Å². The van der Waals surface area contributed by atoms with Gasteiger partial charge in [-0.05, 0) is 30.9 Å². The van der Waals surface area contributed by atoms with Crippen LogP contribution >= 0.6 is 0 Å². The summed E-state index contributed by atoms with van der Waals surface area (Å²) in [5, 5.41) is 3.86. The molecule has 2 aromatic rings. The van der Waals surface area contributed by atoms with Crippen LogP contribution in [0.5, 0.6) is 0 Å². The number of aryl methyl sites for hydroxylation is 3. The van der Waals surface area contributed by atoms with Crippen molar-refractivity contribution in [1.82, 2.24) is 5.16 Å². The van der Waals surface area contributed by atoms with E-state index in [-0.39, 0.29) is 0 Å². The SMILES string of the molecule is Cc1ccccc1CCc1cc(N)on1. The number of nitrogen functional groups attached to an aromatic ring is 1. The summed E-state index contributed by atoms with van der Waals surface area (Å²) in [6.45, 7) is 2.12. The Morgan fingerprint density at radius 3 is 2.73 bits per heavy atom. The second-order valence-electron chi connectivity index (χ2n) is 3.65. The van der Waals surface area contributed by atoms with Crippen LogP contribution in [-0.4, -0.2) is 5.16 Å². The van der Waals surface area contributed by atoms with Gasteiger partial charge in [0.1, 0.15) is 0 Å². The molecule has 0 amide bonds. The normalized spacial score (nSPS) is 10.5. The number of rotatable bonds is 3. The predicted octanol–water partition coefficient (Wildman–Crippen LogP) is 2.35. The first kappa shape index (κ1) is 9.77. The van der Waals surface area contributed by atoms with Gasteiger partial charge < -0.3 is 10.3 Å². The van der Waals surface area contributed by atoms with Gasteiger partial charge in [0.25, 0.3) is 0 Å². The van der Waals surface area contributed by atoms with E-state index in [1.807, 2.05) is 6.07 Å². The average Bonchev–Trinajstić information content (AvgIpc) is 2.63. The first-order chi connectivity index (χ1) is 7.25. The number of benzene rings is 1. The Kier molecular flexibility index (Phi) is 2.72. The summed E-state index contributed by atoms with van der Waals surface area (Å²) >= 11 is 0. The molecule has 2 N–H and O–H groups in total. The fourth-order valence-corrected chi connectivity index (χ4v) is 1.60. The highest BCUT2D eigenvalue weighted by atomic mass is 16.5. The molecule has 3 heteroatoms. The number of hydrogen-bond acceptors (Lipinski definition) is 3. The van der Waals surface area contributed by atoms with Gasteiger partial charge in [0.05, 0.1) is 5.69 Å². The Hall–Kier alpha value is -1.77. The molecule has 0 radical (unpaired) electrons. The van der Waals surface area contributed by atoms with Gasteiger partial charge in [0.15, 0.2) is 0 Å². The first-order valence-electron chi connectivity index (χ1n) is 5.01. The maximum absolute atomic E-state index is 5.45. The van der Waals surface area contributed by atoms with Gasteiger partial charge in [-0.2, -0.15) is 0 Å². The van der Waals surface area contributed by atoms with Crippen molar-refractivity contribution in [3.05, 3.63) is 47.2 Å². The second-order valence-corrected chi connectivity index (χ2v) is 3.65. The number of aromatic nitrogens is 1. The molecule has 0 aliphatic carbocycles. The third-order valence-corrected chi connectivity index (χ3v) is 2.49. The van der Waals surface area contributed by atoms with E-state index in [0.717, 1.165) is 18.5 Å². The van der Waals surface area contributed by atoms with Crippen molar-refractivity contribution in [1.29, 1.82) is 0 Å². The Balaban J connectivity index is 2.02. The highest BCUT2D eigenvalue weighted by molar-refractivity contribution is 5.28. The zero-order valence-electron chi connectivity index (χ0n) is 8.73. The molecule has 0 aliphatic heterocycles. The van der Waals surface area contributed by atoms with Gasteiger partial charge in [-0.3, -0.25) is 0 Å². The Bertz CT molecular complexity index is 448. The van der Waals surface area contributed by atoms with E-state index < -0.39 is 0 Å². The maximum Gasteiger partial charge on any atom is 0.222 e. The summed E-state index contributed by atoms with van der Waals surface area (Å²) < 4.78 is 4.81. The third-order valence-electron chi connectivity index (χ3n) is 2.49. The zero-order chi connectivity index (χ0) is 10.7. The van der Waals surface area contributed by atoms with Crippen molar-refractivity contribution < 1.29 is 4.52 Å². The molecule has 78 valence electrons. The summed E-state index contributed by atoms with van der Waals surface area (Å²) in [6, 6.07) is 10.1. The lowest BCUT2D eigenvalue weighted by molar-refractivity contribution is 0.427. The number of nitrogens with zero attached hydrogens (tertiary/aromatic N) is 1. The van der Waals surface area contributed by atoms with Crippen molar-refractivity contribution in [2.45, 2.75) is 19.8 Å². The number of hydrogen-bond donors (Lipinski definition) is 1. The minimum atomic E-state index is 0.384. The van der Waals surface area contributed by atoms with Crippen molar-refractivity contribution >= 4 is 5.88 Å². The molecule has 1 aromatic heterocycles. The fraction of sp³-hybridized carbons (Fsp3) is 0.250. The smallest absolute Gasteiger partial charge is 0.222 e. The minimum absolute atomic E-state index is 0.384. The molecule has 2 rings (SSSR count). The Labute approximate surface area is 88.9 Å². The Morgan fingerprint density at radius 2 is 2.07 bits per heavy atom. The van der Waals surface area contributed by atoms with E-state index in [2.05, 4.69) is 30.3 Å². The topological polar surface area (TPSA) is 52.0 Å². The van der Waals surface area contributed by atoms with Gasteiger partial charge in [-0.25, -0.2) is 0 Å². The molecule has 1 aromatic carbocycles. The molecule has 0 fully saturated rings. The van der Waals surface area contributed by atoms with E-state index in [4.69, 9.17) is 10.3 Å². The van der Waals surface area contributed by atoms with Crippen LogP contribution in [0.15, 0.2) is 34.9 Å². The molecule has 0 saturated heterocycles. The molecule has 0 unspecified atom stereocenters. The van der Waals surface area contributed by atoms with Gasteiger partial charge in [-0.15, -0.1) is 0 Å². The molecule has 15 heavy (non-hydrogen) atoms. The fourth-order valence-electron chi connectivity index (χ4n) is 1.60. The summed E-state index contributed by atoms with van der Waals surface area (Å²) in [7, 11) is 0. The summed E-state index contributed by atoms with van der Waals surface area (Å²) in [6.07, 6.45) is 1.84. The highest BCUT2D eigenvalue weighted by Gasteiger charge is 2.02. The van der Waals surface area contributed by atoms with E-state index in [1.54, 1.807) is 6.07 Å². The molecule has 1 heterocycles. The van der Waals surface area contributed by atoms with Crippen LogP contribution in [0.1, 0.15) is 16.8 Å². The molecule has 0 atom stereocenters. The van der Waals surface area contributed by atoms with E-state index in [1.165, 1.54) is 11.1 Å². The first-order valence-corrected chi connectivity index (χ1v) is 5.01. The van der Waals surface area contributed by atoms with E-state index >= 15 is 0 Å². The molecule has 0 bridgehead atoms. The van der Waals surface area contributed by atoms with E-state index in [9.17, 15) is 0 Å². The largest absolute Gasteiger partial charge is 0.368 e. The molecule has 3 nitrogen and oxygen atoms in total. The van der Waals surface area contributed by atoms with Crippen molar-refractivity contribution in [2.24, 2.45) is 0 Å². The monoisotopic (exact) mass is 202 g/mol. The molecular weight excluding hydrogens is 188 g/mol. The molecule has 0 saturated carbocycles. The summed E-state index contributed by atoms with van der Waals surface area (Å²) in [4.78, 5) is 0. The van der Waals surface area contributed by atoms with Crippen molar-refractivity contribution in [3.63, 3.8) is 0 Å². The lowest BCUT2D eigenvalue weighted by Crippen LogP contribution is -1.93. The van der Waals surface area contributed by atoms with Gasteiger partial charge in [0, 0.05) is 6.07 Å². The Morgan fingerprint density at radius 1 is 1.27 bits per heavy atom. The number of nitrogens with two attached hydrogens (primary N) is 1. The van der Waals surface area contributed by atoms with Crippen LogP contribution < -0.4 is 5.73 Å². The summed E-state index contributed by atoms with van der Waals surface area (Å²) in [5.41, 5.74) is 9.02. The molecule has 0 spiro atoms. The maximum atomic E-state index is 5.45. The van der Waals surface area contributed by atoms with Crippen LogP contribution in [0.4, 0.5) is 5.88 Å². The standard InChI is InChI=1S/C12H14N2O/c1-9-4-2-3-5-10(9)6-7-11-8-12(13)15-14-11/h2-5,8H,6-7,13H2,1H3. The molecular formula is C12H14N2O. The molecule has 0 aliphatic rings. The highest BCUT2D eigenvalue weighted by Crippen LogP contribution is 2.12. The predicted molar refractivity (Wildman–Crippen MR) is 59.5 cm³/mol. The van der Waals surface area contributed by atoms with Crippen LogP contribution in [0.3, 0.4) is 0 Å². The van der Waals surface area contributed by atoms with Gasteiger partial charge in [0.2, 0.25) is 5.88 Å².